The first-order valence-electron chi connectivity index (χ1n) is 4.47. The van der Waals surface area contributed by atoms with Crippen LogP contribution in [0.1, 0.15) is 29.8 Å². The lowest BCUT2D eigenvalue weighted by molar-refractivity contribution is 0.269. The van der Waals surface area contributed by atoms with E-state index in [0.717, 1.165) is 18.5 Å². The molecule has 1 aliphatic carbocycles. The van der Waals surface area contributed by atoms with Gasteiger partial charge in [-0.2, -0.15) is 5.10 Å². The third-order valence-electron chi connectivity index (χ3n) is 2.60. The van der Waals surface area contributed by atoms with Crippen LogP contribution in [0.3, 0.4) is 0 Å². The summed E-state index contributed by atoms with van der Waals surface area (Å²) in [6, 6.07) is 0. The van der Waals surface area contributed by atoms with E-state index in [-0.39, 0.29) is 6.61 Å². The van der Waals surface area contributed by atoms with Gasteiger partial charge in [-0.05, 0) is 31.2 Å². The van der Waals surface area contributed by atoms with Gasteiger partial charge in [0.15, 0.2) is 0 Å². The Morgan fingerprint density at radius 1 is 1.42 bits per heavy atom. The molecule has 1 aromatic rings. The van der Waals surface area contributed by atoms with Crippen molar-refractivity contribution in [3.05, 3.63) is 17.0 Å². The van der Waals surface area contributed by atoms with Crippen molar-refractivity contribution in [1.82, 2.24) is 9.78 Å². The van der Waals surface area contributed by atoms with Gasteiger partial charge in [-0.25, -0.2) is 0 Å². The molecule has 3 heteroatoms. The van der Waals surface area contributed by atoms with E-state index in [1.165, 1.54) is 24.1 Å². The minimum absolute atomic E-state index is 0.124. The largest absolute Gasteiger partial charge is 0.390 e. The topological polar surface area (TPSA) is 38.0 Å². The van der Waals surface area contributed by atoms with Crippen LogP contribution in [-0.4, -0.2) is 14.9 Å². The van der Waals surface area contributed by atoms with Gasteiger partial charge < -0.3 is 5.11 Å². The monoisotopic (exact) mass is 166 g/mol. The van der Waals surface area contributed by atoms with Gasteiger partial charge in [0.25, 0.3) is 0 Å². The van der Waals surface area contributed by atoms with E-state index >= 15 is 0 Å². The molecule has 0 spiro atoms. The predicted octanol–water partition coefficient (Wildman–Crippen LogP) is 0.791. The molecule has 0 saturated heterocycles. The van der Waals surface area contributed by atoms with Gasteiger partial charge in [0, 0.05) is 7.05 Å². The maximum Gasteiger partial charge on any atom is 0.0852 e. The molecule has 2 rings (SSSR count). The highest BCUT2D eigenvalue weighted by atomic mass is 16.3. The molecule has 0 saturated carbocycles. The number of hydrogen-bond donors (Lipinski definition) is 1. The van der Waals surface area contributed by atoms with Crippen LogP contribution in [0.2, 0.25) is 0 Å². The summed E-state index contributed by atoms with van der Waals surface area (Å²) in [7, 11) is 1.91. The molecular weight excluding hydrogens is 152 g/mol. The van der Waals surface area contributed by atoms with Crippen molar-refractivity contribution in [2.75, 3.05) is 0 Å². The average molecular weight is 166 g/mol. The second-order valence-corrected chi connectivity index (χ2v) is 3.36. The van der Waals surface area contributed by atoms with Crippen LogP contribution in [0.4, 0.5) is 0 Å². The van der Waals surface area contributed by atoms with Gasteiger partial charge in [-0.15, -0.1) is 0 Å². The lowest BCUT2D eigenvalue weighted by atomic mass is 9.96. The van der Waals surface area contributed by atoms with Crippen molar-refractivity contribution >= 4 is 0 Å². The highest BCUT2D eigenvalue weighted by Crippen LogP contribution is 2.23. The maximum atomic E-state index is 9.10. The third kappa shape index (κ3) is 1.05. The first kappa shape index (κ1) is 7.80. The van der Waals surface area contributed by atoms with E-state index in [4.69, 9.17) is 5.11 Å². The van der Waals surface area contributed by atoms with Crippen LogP contribution in [0.5, 0.6) is 0 Å². The normalized spacial score (nSPS) is 16.2. The Labute approximate surface area is 72.0 Å². The van der Waals surface area contributed by atoms with Crippen LogP contribution in [0.15, 0.2) is 0 Å². The van der Waals surface area contributed by atoms with E-state index in [0.29, 0.717) is 0 Å². The number of nitrogens with zero attached hydrogens (tertiary/aromatic N) is 2. The number of hydrogen-bond acceptors (Lipinski definition) is 2. The summed E-state index contributed by atoms with van der Waals surface area (Å²) < 4.78 is 1.82. The van der Waals surface area contributed by atoms with Gasteiger partial charge in [0.1, 0.15) is 0 Å². The van der Waals surface area contributed by atoms with E-state index < -0.39 is 0 Å². The molecule has 1 heterocycles. The fraction of sp³-hybridized carbons (Fsp3) is 0.667. The standard InChI is InChI=1S/C9H14N2O/c1-11-9(6-12)7-4-2-3-5-8(7)10-11/h12H,2-6H2,1H3. The summed E-state index contributed by atoms with van der Waals surface area (Å²) in [5.74, 6) is 0. The number of aromatic nitrogens is 2. The first-order chi connectivity index (χ1) is 5.83. The van der Waals surface area contributed by atoms with Gasteiger partial charge in [-0.3, -0.25) is 4.68 Å². The number of aliphatic hydroxyl groups excluding tert-OH is 1. The molecule has 0 atom stereocenters. The quantitative estimate of drug-likeness (QED) is 0.670. The van der Waals surface area contributed by atoms with Gasteiger partial charge in [-0.1, -0.05) is 0 Å². The molecule has 0 radical (unpaired) electrons. The summed E-state index contributed by atoms with van der Waals surface area (Å²) in [6.07, 6.45) is 4.67. The summed E-state index contributed by atoms with van der Waals surface area (Å²) in [5, 5.41) is 13.5. The van der Waals surface area contributed by atoms with Crippen LogP contribution in [0.25, 0.3) is 0 Å². The molecule has 12 heavy (non-hydrogen) atoms. The summed E-state index contributed by atoms with van der Waals surface area (Å²) >= 11 is 0. The molecule has 1 N–H and O–H groups in total. The predicted molar refractivity (Wildman–Crippen MR) is 45.8 cm³/mol. The molecule has 0 amide bonds. The van der Waals surface area contributed by atoms with E-state index in [9.17, 15) is 0 Å². The molecule has 0 aromatic carbocycles. The fourth-order valence-corrected chi connectivity index (χ4v) is 1.95. The Morgan fingerprint density at radius 3 is 2.92 bits per heavy atom. The Balaban J connectivity index is 2.46. The molecule has 1 aliphatic rings. The van der Waals surface area contributed by atoms with Gasteiger partial charge in [0.05, 0.1) is 18.0 Å². The fourth-order valence-electron chi connectivity index (χ4n) is 1.95. The summed E-state index contributed by atoms with van der Waals surface area (Å²) in [4.78, 5) is 0. The van der Waals surface area contributed by atoms with Crippen molar-refractivity contribution in [2.45, 2.75) is 32.3 Å². The van der Waals surface area contributed by atoms with Crippen LogP contribution >= 0.6 is 0 Å². The van der Waals surface area contributed by atoms with E-state index in [1.54, 1.807) is 0 Å². The Morgan fingerprint density at radius 2 is 2.17 bits per heavy atom. The molecule has 0 bridgehead atoms. The molecule has 0 unspecified atom stereocenters. The average Bonchev–Trinajstić information content (AvgIpc) is 2.40. The number of rotatable bonds is 1. The maximum absolute atomic E-state index is 9.10. The number of fused-ring (bicyclic) bond motifs is 1. The summed E-state index contributed by atoms with van der Waals surface area (Å²) in [6.45, 7) is 0.124. The van der Waals surface area contributed by atoms with E-state index in [2.05, 4.69) is 5.10 Å². The van der Waals surface area contributed by atoms with Crippen molar-refractivity contribution < 1.29 is 5.11 Å². The SMILES string of the molecule is Cn1nc2c(c1CO)CCCC2. The lowest BCUT2D eigenvalue weighted by Crippen LogP contribution is -2.03. The van der Waals surface area contributed by atoms with Crippen molar-refractivity contribution in [3.63, 3.8) is 0 Å². The Kier molecular flexibility index (Phi) is 1.89. The van der Waals surface area contributed by atoms with Crippen molar-refractivity contribution in [1.29, 1.82) is 0 Å². The molecule has 1 aromatic heterocycles. The minimum Gasteiger partial charge on any atom is -0.390 e. The number of aliphatic hydroxyl groups is 1. The van der Waals surface area contributed by atoms with Gasteiger partial charge >= 0.3 is 0 Å². The minimum atomic E-state index is 0.124. The molecule has 0 fully saturated rings. The molecule has 0 aliphatic heterocycles. The molecule has 3 nitrogen and oxygen atoms in total. The van der Waals surface area contributed by atoms with Crippen molar-refractivity contribution in [2.24, 2.45) is 7.05 Å². The second-order valence-electron chi connectivity index (χ2n) is 3.36. The Hall–Kier alpha value is -0.830. The third-order valence-corrected chi connectivity index (χ3v) is 2.60. The lowest BCUT2D eigenvalue weighted by Gasteiger charge is -2.09. The zero-order chi connectivity index (χ0) is 8.55. The van der Waals surface area contributed by atoms with Crippen LogP contribution < -0.4 is 0 Å². The van der Waals surface area contributed by atoms with Crippen LogP contribution in [-0.2, 0) is 26.5 Å². The van der Waals surface area contributed by atoms with E-state index in [1.807, 2.05) is 11.7 Å². The highest BCUT2D eigenvalue weighted by Gasteiger charge is 2.17. The molecule has 66 valence electrons. The Bertz CT molecular complexity index is 291. The molecular formula is C9H14N2O. The van der Waals surface area contributed by atoms with Gasteiger partial charge in [0.2, 0.25) is 0 Å². The smallest absolute Gasteiger partial charge is 0.0852 e. The highest BCUT2D eigenvalue weighted by molar-refractivity contribution is 5.27. The van der Waals surface area contributed by atoms with Crippen LogP contribution in [0, 0.1) is 0 Å². The second kappa shape index (κ2) is 2.90. The van der Waals surface area contributed by atoms with Crippen molar-refractivity contribution in [3.8, 4) is 0 Å². The zero-order valence-electron chi connectivity index (χ0n) is 7.38. The summed E-state index contributed by atoms with van der Waals surface area (Å²) in [5.41, 5.74) is 3.50. The first-order valence-corrected chi connectivity index (χ1v) is 4.47. The zero-order valence-corrected chi connectivity index (χ0v) is 7.38. The number of aryl methyl sites for hydroxylation is 2.